The molecule has 0 amide bonds. The van der Waals surface area contributed by atoms with Crippen molar-refractivity contribution in [3.8, 4) is 23.0 Å². The van der Waals surface area contributed by atoms with Crippen LogP contribution in [0.2, 0.25) is 0 Å². The van der Waals surface area contributed by atoms with Crippen LogP contribution in [0.1, 0.15) is 35.1 Å². The van der Waals surface area contributed by atoms with E-state index in [-0.39, 0.29) is 23.0 Å². The summed E-state index contributed by atoms with van der Waals surface area (Å²) in [5.74, 6) is 4.15. The zero-order valence-corrected chi connectivity index (χ0v) is 25.0. The van der Waals surface area contributed by atoms with Crippen LogP contribution in [0, 0.1) is 11.8 Å². The Morgan fingerprint density at radius 3 is 2.00 bits per heavy atom. The molecule has 226 valence electrons. The lowest BCUT2D eigenvalue weighted by atomic mass is 9.53. The molecule has 4 unspecified atom stereocenters. The molecule has 2 aromatic rings. The van der Waals surface area contributed by atoms with E-state index < -0.39 is 12.2 Å². The Kier molecular flexibility index (Phi) is 5.52. The number of methoxy groups -OCH3 is 2. The number of benzene rings is 2. The Morgan fingerprint density at radius 2 is 1.37 bits per heavy atom. The van der Waals surface area contributed by atoms with E-state index in [9.17, 15) is 10.2 Å². The summed E-state index contributed by atoms with van der Waals surface area (Å²) in [6, 6.07) is 9.32. The quantitative estimate of drug-likeness (QED) is 0.465. The molecule has 4 aliphatic heterocycles. The topological polar surface area (TPSA) is 92.7 Å². The molecule has 10 atom stereocenters. The summed E-state index contributed by atoms with van der Waals surface area (Å²) >= 11 is 0. The highest BCUT2D eigenvalue weighted by atomic mass is 16.5. The SMILES string of the molecule is COc1ccc2c3c1O[C@H]1[C@@H](O)C=CC4C(C2)N(C)CC[C@@]341.COc1ccc2c3c1O[C@H]1[C@@H](O)C=CC4C(C2)NCC[C@@]341. The summed E-state index contributed by atoms with van der Waals surface area (Å²) in [4.78, 5) is 2.47. The number of likely N-dealkylation sites (tertiary alicyclic amines) is 1. The molecule has 0 aromatic heterocycles. The molecular weight excluding hydrogens is 544 g/mol. The lowest BCUT2D eigenvalue weighted by Crippen LogP contribution is -2.64. The molecule has 4 bridgehead atoms. The maximum Gasteiger partial charge on any atom is 0.165 e. The number of rotatable bonds is 2. The van der Waals surface area contributed by atoms with Crippen LogP contribution < -0.4 is 24.3 Å². The minimum atomic E-state index is -0.539. The van der Waals surface area contributed by atoms with Crippen LogP contribution in [0.15, 0.2) is 48.6 Å². The fourth-order valence-electron chi connectivity index (χ4n) is 10.5. The summed E-state index contributed by atoms with van der Waals surface area (Å²) < 4.78 is 23.6. The Balaban J connectivity index is 0.000000121. The zero-order valence-electron chi connectivity index (χ0n) is 25.0. The normalized spacial score (nSPS) is 41.2. The lowest BCUT2D eigenvalue weighted by Gasteiger charge is -2.56. The molecular formula is C35H40N2O6. The number of piperidine rings is 2. The molecule has 8 nitrogen and oxygen atoms in total. The summed E-state index contributed by atoms with van der Waals surface area (Å²) in [5, 5.41) is 24.7. The number of hydrogen-bond donors (Lipinski definition) is 3. The minimum Gasteiger partial charge on any atom is -0.493 e. The van der Waals surface area contributed by atoms with Crippen molar-refractivity contribution >= 4 is 0 Å². The molecule has 4 heterocycles. The van der Waals surface area contributed by atoms with Gasteiger partial charge in [0.15, 0.2) is 23.0 Å². The predicted octanol–water partition coefficient (Wildman–Crippen LogP) is 2.66. The van der Waals surface area contributed by atoms with Gasteiger partial charge in [0.05, 0.1) is 14.2 Å². The second kappa shape index (κ2) is 9.00. The fourth-order valence-corrected chi connectivity index (χ4v) is 10.5. The van der Waals surface area contributed by atoms with E-state index >= 15 is 0 Å². The average Bonchev–Trinajstić information content (AvgIpc) is 3.55. The highest BCUT2D eigenvalue weighted by Crippen LogP contribution is 2.63. The van der Waals surface area contributed by atoms with Crippen LogP contribution in [0.4, 0.5) is 0 Å². The molecule has 0 radical (unpaired) electrons. The molecule has 0 saturated carbocycles. The molecule has 2 fully saturated rings. The van der Waals surface area contributed by atoms with Gasteiger partial charge in [0.2, 0.25) is 0 Å². The Bertz CT molecular complexity index is 1570. The van der Waals surface area contributed by atoms with Crippen LogP contribution in [-0.2, 0) is 23.7 Å². The maximum atomic E-state index is 10.6. The van der Waals surface area contributed by atoms with E-state index in [1.807, 2.05) is 24.3 Å². The molecule has 43 heavy (non-hydrogen) atoms. The smallest absolute Gasteiger partial charge is 0.165 e. The summed E-state index contributed by atoms with van der Waals surface area (Å²) in [6.45, 7) is 2.04. The second-order valence-electron chi connectivity index (χ2n) is 13.7. The van der Waals surface area contributed by atoms with Crippen LogP contribution in [-0.4, -0.2) is 86.0 Å². The Hall–Kier alpha value is -3.04. The van der Waals surface area contributed by atoms with Gasteiger partial charge in [0.1, 0.15) is 24.4 Å². The van der Waals surface area contributed by atoms with E-state index in [1.165, 1.54) is 22.3 Å². The number of hydrogen-bond acceptors (Lipinski definition) is 8. The van der Waals surface area contributed by atoms with Crippen molar-refractivity contribution in [3.63, 3.8) is 0 Å². The molecule has 2 aromatic carbocycles. The monoisotopic (exact) mass is 584 g/mol. The molecule has 4 aliphatic carbocycles. The third-order valence-electron chi connectivity index (χ3n) is 12.2. The second-order valence-corrected chi connectivity index (χ2v) is 13.7. The van der Waals surface area contributed by atoms with Gasteiger partial charge >= 0.3 is 0 Å². The van der Waals surface area contributed by atoms with Gasteiger partial charge < -0.3 is 39.4 Å². The molecule has 2 saturated heterocycles. The van der Waals surface area contributed by atoms with E-state index in [1.54, 1.807) is 14.2 Å². The molecule has 8 aliphatic rings. The van der Waals surface area contributed by atoms with Gasteiger partial charge in [-0.25, -0.2) is 0 Å². The van der Waals surface area contributed by atoms with E-state index in [2.05, 4.69) is 41.5 Å². The summed E-state index contributed by atoms with van der Waals surface area (Å²) in [6.07, 6.45) is 11.0. The molecule has 3 N–H and O–H groups in total. The maximum absolute atomic E-state index is 10.6. The largest absolute Gasteiger partial charge is 0.493 e. The summed E-state index contributed by atoms with van der Waals surface area (Å²) in [5.41, 5.74) is 5.18. The van der Waals surface area contributed by atoms with E-state index in [0.29, 0.717) is 23.9 Å². The van der Waals surface area contributed by atoms with Crippen LogP contribution in [0.5, 0.6) is 23.0 Å². The first-order valence-electron chi connectivity index (χ1n) is 15.8. The number of aliphatic hydroxyl groups excluding tert-OH is 2. The van der Waals surface area contributed by atoms with Gasteiger partial charge in [0, 0.05) is 45.9 Å². The third kappa shape index (κ3) is 3.15. The first-order chi connectivity index (χ1) is 20.9. The molecule has 2 spiro atoms. The van der Waals surface area contributed by atoms with Crippen LogP contribution >= 0.6 is 0 Å². The highest BCUT2D eigenvalue weighted by molar-refractivity contribution is 5.63. The predicted molar refractivity (Wildman–Crippen MR) is 160 cm³/mol. The fraction of sp³-hybridized carbons (Fsp3) is 0.543. The summed E-state index contributed by atoms with van der Waals surface area (Å²) in [7, 11) is 5.59. The van der Waals surface area contributed by atoms with E-state index in [4.69, 9.17) is 18.9 Å². The van der Waals surface area contributed by atoms with E-state index in [0.717, 1.165) is 61.8 Å². The van der Waals surface area contributed by atoms with Crippen LogP contribution in [0.3, 0.4) is 0 Å². The van der Waals surface area contributed by atoms with Crippen molar-refractivity contribution in [2.75, 3.05) is 34.4 Å². The van der Waals surface area contributed by atoms with Gasteiger partial charge in [-0.3, -0.25) is 0 Å². The lowest BCUT2D eigenvalue weighted by molar-refractivity contribution is -0.0453. The number of nitrogens with one attached hydrogen (secondary N) is 1. The number of ether oxygens (including phenoxy) is 4. The minimum absolute atomic E-state index is 0.0806. The van der Waals surface area contributed by atoms with Crippen molar-refractivity contribution in [2.24, 2.45) is 11.8 Å². The van der Waals surface area contributed by atoms with Gasteiger partial charge in [-0.05, 0) is 69.1 Å². The Labute approximate surface area is 252 Å². The van der Waals surface area contributed by atoms with Crippen molar-refractivity contribution < 1.29 is 29.2 Å². The third-order valence-corrected chi connectivity index (χ3v) is 12.2. The first kappa shape index (κ1) is 26.4. The highest BCUT2D eigenvalue weighted by Gasteiger charge is 2.65. The van der Waals surface area contributed by atoms with Crippen molar-refractivity contribution in [1.82, 2.24) is 10.2 Å². The standard InChI is InChI=1S/C18H21NO3.C17H19NO3/c1-19-8-7-18-11-4-5-13(20)17(18)22-16-14(21-2)6-3-10(15(16)18)9-12(11)19;1-20-13-5-2-9-8-11-10-3-4-12(19)16-17(10,6-7-18-11)14(9)15(13)21-16/h3-6,11-13,17,20H,7-9H2,1-2H3;2-5,10-12,16,18-19H,6-8H2,1H3/t11?,12?,13-,17-,18-;10?,11?,12-,16-,17-/m00/s1. The van der Waals surface area contributed by atoms with Gasteiger partial charge in [0.25, 0.3) is 0 Å². The number of aliphatic hydroxyl groups is 2. The molecule has 10 rings (SSSR count). The average molecular weight is 585 g/mol. The van der Waals surface area contributed by atoms with Gasteiger partial charge in [-0.2, -0.15) is 0 Å². The van der Waals surface area contributed by atoms with Crippen molar-refractivity contribution in [1.29, 1.82) is 0 Å². The van der Waals surface area contributed by atoms with Gasteiger partial charge in [-0.1, -0.05) is 36.4 Å². The number of likely N-dealkylation sites (N-methyl/N-ethyl adjacent to an activating group) is 1. The first-order valence-corrected chi connectivity index (χ1v) is 15.8. The zero-order chi connectivity index (χ0) is 29.2. The Morgan fingerprint density at radius 1 is 0.791 bits per heavy atom. The van der Waals surface area contributed by atoms with Crippen LogP contribution in [0.25, 0.3) is 0 Å². The van der Waals surface area contributed by atoms with Crippen molar-refractivity contribution in [3.05, 3.63) is 70.8 Å². The van der Waals surface area contributed by atoms with Gasteiger partial charge in [-0.15, -0.1) is 0 Å². The molecule has 8 heteroatoms. The van der Waals surface area contributed by atoms with Crippen molar-refractivity contribution in [2.45, 2.75) is 73.0 Å². The number of nitrogens with zero attached hydrogens (tertiary/aromatic N) is 1.